The normalized spacial score (nSPS) is 12.5. The van der Waals surface area contributed by atoms with Crippen LogP contribution in [0, 0.1) is 34.6 Å². The van der Waals surface area contributed by atoms with Gasteiger partial charge in [0.2, 0.25) is 0 Å². The van der Waals surface area contributed by atoms with Gasteiger partial charge in [-0.2, -0.15) is 33.9 Å². The summed E-state index contributed by atoms with van der Waals surface area (Å²) in [5, 5.41) is 3.02. The van der Waals surface area contributed by atoms with Crippen LogP contribution >= 0.6 is 0 Å². The minimum Gasteiger partial charge on any atom is -0.196 e. The summed E-state index contributed by atoms with van der Waals surface area (Å²) in [7, 11) is 0. The van der Waals surface area contributed by atoms with Crippen LogP contribution in [0.3, 0.4) is 0 Å². The predicted octanol–water partition coefficient (Wildman–Crippen LogP) is 8.90. The average molecular weight is 581 g/mol. The summed E-state index contributed by atoms with van der Waals surface area (Å²) in [6, 6.07) is 9.64. The minimum absolute atomic E-state index is 0. The van der Waals surface area contributed by atoms with E-state index >= 15 is 0 Å². The Bertz CT molecular complexity index is 886. The zero-order valence-corrected chi connectivity index (χ0v) is 24.5. The first-order valence-electron chi connectivity index (χ1n) is 12.3. The Morgan fingerprint density at radius 2 is 1.39 bits per heavy atom. The van der Waals surface area contributed by atoms with E-state index < -0.39 is 0 Å². The van der Waals surface area contributed by atoms with Crippen LogP contribution in [0.2, 0.25) is 0 Å². The van der Waals surface area contributed by atoms with Crippen molar-refractivity contribution in [2.75, 3.05) is 0 Å². The van der Waals surface area contributed by atoms with Crippen molar-refractivity contribution in [1.82, 2.24) is 0 Å². The molecule has 31 heavy (non-hydrogen) atoms. The number of unbranched alkanes of at least 4 members (excludes halogenated alkanes) is 5. The molecule has 1 aliphatic rings. The first kappa shape index (κ1) is 26.3. The Morgan fingerprint density at radius 1 is 0.806 bits per heavy atom. The Labute approximate surface area is 210 Å². The first-order valence-corrected chi connectivity index (χ1v) is 12.3. The van der Waals surface area contributed by atoms with Gasteiger partial charge in [0.25, 0.3) is 0 Å². The molecular weight excluding hydrogens is 539 g/mol. The van der Waals surface area contributed by atoms with Crippen molar-refractivity contribution in [2.45, 2.75) is 106 Å². The molecule has 0 aromatic heterocycles. The molecule has 3 aromatic carbocycles. The predicted molar refractivity (Wildman–Crippen MR) is 134 cm³/mol. The largest absolute Gasteiger partial charge is 0.196 e. The zero-order valence-electron chi connectivity index (χ0n) is 20.9. The van der Waals surface area contributed by atoms with Crippen LogP contribution in [-0.2, 0) is 45.1 Å². The van der Waals surface area contributed by atoms with E-state index in [4.69, 9.17) is 0 Å². The third-order valence-electron chi connectivity index (χ3n) is 7.69. The fraction of sp³-hybridized carbons (Fsp3) is 0.533. The molecule has 0 fully saturated rings. The maximum atomic E-state index is 2.49. The van der Waals surface area contributed by atoms with Crippen LogP contribution in [0.5, 0.6) is 0 Å². The minimum atomic E-state index is 0. The van der Waals surface area contributed by atoms with Gasteiger partial charge in [-0.1, -0.05) is 97.6 Å². The summed E-state index contributed by atoms with van der Waals surface area (Å²) in [5.74, 6) is 0. The van der Waals surface area contributed by atoms with Gasteiger partial charge in [-0.05, 0) is 19.3 Å². The average Bonchev–Trinajstić information content (AvgIpc) is 3.41. The van der Waals surface area contributed by atoms with Gasteiger partial charge in [-0.3, -0.25) is 0 Å². The molecule has 1 heteroatoms. The van der Waals surface area contributed by atoms with Gasteiger partial charge in [0.15, 0.2) is 0 Å². The molecule has 0 aliphatic heterocycles. The molecule has 4 rings (SSSR count). The molecule has 168 valence electrons. The van der Waals surface area contributed by atoms with Crippen LogP contribution in [0.4, 0.5) is 0 Å². The third kappa shape index (κ3) is 6.31. The molecule has 3 aromatic rings. The molecule has 0 nitrogen and oxygen atoms in total. The second-order valence-corrected chi connectivity index (χ2v) is 9.56. The Morgan fingerprint density at radius 3 is 1.97 bits per heavy atom. The molecule has 0 heterocycles. The molecule has 0 spiro atoms. The standard InChI is InChI=1S/C20H27.C10H15.Hf/c1-2-3-4-5-6-7-9-16-12-13-19-14-17-10-8-11-18(17)15-20(16)19;1-6-7(2)9(4)10(5)8(6)3;/h12-15H,2-11H2,1H3;1-5H3;/q2*-1;. The molecule has 0 unspecified atom stereocenters. The smallest absolute Gasteiger partial charge is 0 e. The molecule has 0 radical (unpaired) electrons. The molecule has 0 saturated carbocycles. The number of hydrogen-bond acceptors (Lipinski definition) is 0. The molecule has 0 amide bonds. The number of benzene rings is 1. The quantitative estimate of drug-likeness (QED) is 0.149. The first-order chi connectivity index (χ1) is 14.4. The SMILES string of the molecule is CCCCCCCC[c-]1ccc2cc3c(cc21)CCC3.Cc1c(C)c(C)[c-](C)c1C.[Hf]. The van der Waals surface area contributed by atoms with Crippen molar-refractivity contribution in [1.29, 1.82) is 0 Å². The van der Waals surface area contributed by atoms with Gasteiger partial charge in [0, 0.05) is 25.8 Å². The van der Waals surface area contributed by atoms with Crippen molar-refractivity contribution in [3.63, 3.8) is 0 Å². The van der Waals surface area contributed by atoms with Crippen LogP contribution in [0.25, 0.3) is 10.8 Å². The molecular formula is C30H42Hf-2. The van der Waals surface area contributed by atoms with Gasteiger partial charge in [0.05, 0.1) is 0 Å². The Balaban J connectivity index is 0.000000264. The summed E-state index contributed by atoms with van der Waals surface area (Å²) in [4.78, 5) is 0. The number of hydrogen-bond donors (Lipinski definition) is 0. The summed E-state index contributed by atoms with van der Waals surface area (Å²) in [5.41, 5.74) is 12.2. The third-order valence-corrected chi connectivity index (χ3v) is 7.69. The van der Waals surface area contributed by atoms with Gasteiger partial charge >= 0.3 is 0 Å². The van der Waals surface area contributed by atoms with Crippen molar-refractivity contribution < 1.29 is 25.8 Å². The zero-order chi connectivity index (χ0) is 21.7. The molecule has 0 bridgehead atoms. The maximum Gasteiger partial charge on any atom is 0 e. The van der Waals surface area contributed by atoms with E-state index in [1.807, 2.05) is 0 Å². The van der Waals surface area contributed by atoms with Crippen molar-refractivity contribution >= 4 is 10.8 Å². The number of fused-ring (bicyclic) bond motifs is 2. The molecule has 0 saturated heterocycles. The summed E-state index contributed by atoms with van der Waals surface area (Å²) >= 11 is 0. The van der Waals surface area contributed by atoms with E-state index in [0.29, 0.717) is 0 Å². The number of rotatable bonds is 7. The maximum absolute atomic E-state index is 2.49. The van der Waals surface area contributed by atoms with Gasteiger partial charge in [0.1, 0.15) is 0 Å². The van der Waals surface area contributed by atoms with Crippen molar-refractivity contribution in [2.24, 2.45) is 0 Å². The van der Waals surface area contributed by atoms with Crippen molar-refractivity contribution in [3.05, 3.63) is 68.8 Å². The summed E-state index contributed by atoms with van der Waals surface area (Å²) < 4.78 is 0. The van der Waals surface area contributed by atoms with E-state index in [-0.39, 0.29) is 25.8 Å². The fourth-order valence-electron chi connectivity index (χ4n) is 5.06. The molecule has 1 aliphatic carbocycles. The van der Waals surface area contributed by atoms with E-state index in [2.05, 4.69) is 65.8 Å². The van der Waals surface area contributed by atoms with Gasteiger partial charge < -0.3 is 0 Å². The molecule has 0 atom stereocenters. The summed E-state index contributed by atoms with van der Waals surface area (Å²) in [6.45, 7) is 13.3. The van der Waals surface area contributed by atoms with Crippen LogP contribution in [0.15, 0.2) is 24.3 Å². The van der Waals surface area contributed by atoms with Crippen LogP contribution < -0.4 is 0 Å². The van der Waals surface area contributed by atoms with Gasteiger partial charge in [-0.15, -0.1) is 34.5 Å². The van der Waals surface area contributed by atoms with Gasteiger partial charge in [-0.25, -0.2) is 0 Å². The van der Waals surface area contributed by atoms with E-state index in [1.54, 1.807) is 22.1 Å². The number of aryl methyl sites for hydroxylation is 3. The van der Waals surface area contributed by atoms with Crippen LogP contribution in [0.1, 0.15) is 96.4 Å². The second-order valence-electron chi connectivity index (χ2n) is 9.56. The Kier molecular flexibility index (Phi) is 10.5. The Hall–Kier alpha value is -0.950. The molecule has 0 N–H and O–H groups in total. The topological polar surface area (TPSA) is 0 Å². The monoisotopic (exact) mass is 582 g/mol. The fourth-order valence-corrected chi connectivity index (χ4v) is 5.06. The van der Waals surface area contributed by atoms with Crippen molar-refractivity contribution in [3.8, 4) is 0 Å². The van der Waals surface area contributed by atoms with Crippen LogP contribution in [-0.4, -0.2) is 0 Å². The second kappa shape index (κ2) is 12.3. The van der Waals surface area contributed by atoms with E-state index in [0.717, 1.165) is 0 Å². The van der Waals surface area contributed by atoms with E-state index in [9.17, 15) is 0 Å². The summed E-state index contributed by atoms with van der Waals surface area (Å²) in [6.07, 6.45) is 13.6. The van der Waals surface area contributed by atoms with E-state index in [1.165, 1.54) is 97.4 Å².